The lowest BCUT2D eigenvalue weighted by atomic mass is 10.1. The maximum absolute atomic E-state index is 13.0. The number of aromatic nitrogens is 3. The van der Waals surface area contributed by atoms with Gasteiger partial charge in [0.2, 0.25) is 5.95 Å². The molecule has 1 saturated heterocycles. The second kappa shape index (κ2) is 7.38. The van der Waals surface area contributed by atoms with Crippen molar-refractivity contribution in [1.29, 1.82) is 0 Å². The van der Waals surface area contributed by atoms with Crippen molar-refractivity contribution in [3.63, 3.8) is 0 Å². The van der Waals surface area contributed by atoms with Crippen LogP contribution in [0.15, 0.2) is 30.7 Å². The second-order valence-corrected chi connectivity index (χ2v) is 6.27. The first-order chi connectivity index (χ1) is 11.7. The van der Waals surface area contributed by atoms with E-state index in [9.17, 15) is 4.79 Å². The van der Waals surface area contributed by atoms with E-state index in [4.69, 9.17) is 0 Å². The number of anilines is 1. The first kappa shape index (κ1) is 16.4. The Morgan fingerprint density at radius 2 is 1.75 bits per heavy atom. The molecule has 0 atom stereocenters. The molecule has 0 aliphatic carbocycles. The van der Waals surface area contributed by atoms with Crippen molar-refractivity contribution in [2.75, 3.05) is 32.1 Å². The summed E-state index contributed by atoms with van der Waals surface area (Å²) in [4.78, 5) is 29.9. The zero-order valence-electron chi connectivity index (χ0n) is 14.3. The number of rotatable bonds is 3. The summed E-state index contributed by atoms with van der Waals surface area (Å²) in [6, 6.07) is 3.75. The molecule has 1 amide bonds. The summed E-state index contributed by atoms with van der Waals surface area (Å²) >= 11 is 0. The monoisotopic (exact) mass is 325 g/mol. The summed E-state index contributed by atoms with van der Waals surface area (Å²) in [5.74, 6) is 0.614. The van der Waals surface area contributed by atoms with Gasteiger partial charge in [-0.05, 0) is 25.0 Å². The summed E-state index contributed by atoms with van der Waals surface area (Å²) in [6.45, 7) is 1.62. The average molecular weight is 325 g/mol. The van der Waals surface area contributed by atoms with Gasteiger partial charge in [0.25, 0.3) is 5.91 Å². The van der Waals surface area contributed by atoms with Crippen molar-refractivity contribution < 1.29 is 4.79 Å². The third-order valence-corrected chi connectivity index (χ3v) is 4.25. The molecule has 0 spiro atoms. The highest BCUT2D eigenvalue weighted by atomic mass is 16.2. The molecule has 0 unspecified atom stereocenters. The molecule has 126 valence electrons. The molecule has 3 rings (SSSR count). The molecule has 0 bridgehead atoms. The topological polar surface area (TPSA) is 62.2 Å². The lowest BCUT2D eigenvalue weighted by Gasteiger charge is -2.22. The molecule has 0 saturated carbocycles. The highest BCUT2D eigenvalue weighted by Gasteiger charge is 2.22. The standard InChI is InChI=1S/C18H23N5O/c1-22(2)18-20-13-15(16(21-18)14-7-9-19-10-8-14)17(24)23-11-5-3-4-6-12-23/h7-10,13H,3-6,11-12H2,1-2H3. The van der Waals surface area contributed by atoms with E-state index in [0.29, 0.717) is 17.2 Å². The third kappa shape index (κ3) is 3.53. The number of carbonyl (C=O) groups excluding carboxylic acids is 1. The molecule has 0 radical (unpaired) electrons. The lowest BCUT2D eigenvalue weighted by molar-refractivity contribution is 0.0761. The van der Waals surface area contributed by atoms with Gasteiger partial charge in [-0.15, -0.1) is 0 Å². The maximum atomic E-state index is 13.0. The predicted octanol–water partition coefficient (Wildman–Crippen LogP) is 2.62. The fraction of sp³-hybridized carbons (Fsp3) is 0.444. The molecule has 0 aromatic carbocycles. The molecular weight excluding hydrogens is 302 g/mol. The number of carbonyl (C=O) groups is 1. The van der Waals surface area contributed by atoms with E-state index in [1.807, 2.05) is 36.0 Å². The van der Waals surface area contributed by atoms with Crippen LogP contribution in [0.1, 0.15) is 36.0 Å². The Labute approximate surface area is 142 Å². The van der Waals surface area contributed by atoms with E-state index in [1.54, 1.807) is 18.6 Å². The van der Waals surface area contributed by atoms with Gasteiger partial charge in [-0.25, -0.2) is 9.97 Å². The molecule has 1 fully saturated rings. The quantitative estimate of drug-likeness (QED) is 0.868. The van der Waals surface area contributed by atoms with Gasteiger partial charge < -0.3 is 9.80 Å². The fourth-order valence-electron chi connectivity index (χ4n) is 2.92. The van der Waals surface area contributed by atoms with E-state index in [-0.39, 0.29) is 5.91 Å². The van der Waals surface area contributed by atoms with Gasteiger partial charge in [0.05, 0.1) is 11.3 Å². The number of amides is 1. The molecule has 2 aromatic rings. The zero-order valence-corrected chi connectivity index (χ0v) is 14.3. The largest absolute Gasteiger partial charge is 0.347 e. The van der Waals surface area contributed by atoms with Crippen LogP contribution in [0, 0.1) is 0 Å². The Bertz CT molecular complexity index is 694. The molecule has 1 aliphatic heterocycles. The van der Waals surface area contributed by atoms with E-state index in [1.165, 1.54) is 12.8 Å². The van der Waals surface area contributed by atoms with Gasteiger partial charge in [-0.3, -0.25) is 9.78 Å². The van der Waals surface area contributed by atoms with E-state index >= 15 is 0 Å². The third-order valence-electron chi connectivity index (χ3n) is 4.25. The summed E-state index contributed by atoms with van der Waals surface area (Å²) < 4.78 is 0. The van der Waals surface area contributed by atoms with Crippen LogP contribution in [0.25, 0.3) is 11.3 Å². The van der Waals surface area contributed by atoms with E-state index in [2.05, 4.69) is 15.0 Å². The zero-order chi connectivity index (χ0) is 16.9. The van der Waals surface area contributed by atoms with Gasteiger partial charge in [0.15, 0.2) is 0 Å². The maximum Gasteiger partial charge on any atom is 0.257 e. The Morgan fingerprint density at radius 3 is 2.38 bits per heavy atom. The fourth-order valence-corrected chi connectivity index (χ4v) is 2.92. The number of pyridine rings is 1. The van der Waals surface area contributed by atoms with Crippen molar-refractivity contribution in [3.05, 3.63) is 36.3 Å². The van der Waals surface area contributed by atoms with Gasteiger partial charge in [0, 0.05) is 51.3 Å². The van der Waals surface area contributed by atoms with Crippen LogP contribution >= 0.6 is 0 Å². The van der Waals surface area contributed by atoms with Crippen molar-refractivity contribution >= 4 is 11.9 Å². The van der Waals surface area contributed by atoms with Crippen LogP contribution in [-0.2, 0) is 0 Å². The summed E-state index contributed by atoms with van der Waals surface area (Å²) in [6.07, 6.45) is 9.60. The molecule has 1 aliphatic rings. The Balaban J connectivity index is 2.01. The second-order valence-electron chi connectivity index (χ2n) is 6.27. The molecular formula is C18H23N5O. The SMILES string of the molecule is CN(C)c1ncc(C(=O)N2CCCCCC2)c(-c2ccncc2)n1. The van der Waals surface area contributed by atoms with Gasteiger partial charge >= 0.3 is 0 Å². The Hall–Kier alpha value is -2.50. The lowest BCUT2D eigenvalue weighted by Crippen LogP contribution is -2.32. The van der Waals surface area contributed by atoms with Crippen molar-refractivity contribution in [2.45, 2.75) is 25.7 Å². The Kier molecular flexibility index (Phi) is 5.03. The minimum atomic E-state index is 0.0222. The molecule has 2 aromatic heterocycles. The van der Waals surface area contributed by atoms with Crippen molar-refractivity contribution in [2.24, 2.45) is 0 Å². The number of hydrogen-bond donors (Lipinski definition) is 0. The molecule has 3 heterocycles. The number of nitrogens with zero attached hydrogens (tertiary/aromatic N) is 5. The minimum Gasteiger partial charge on any atom is -0.347 e. The normalized spacial score (nSPS) is 15.0. The van der Waals surface area contributed by atoms with Gasteiger partial charge in [-0.2, -0.15) is 0 Å². The minimum absolute atomic E-state index is 0.0222. The summed E-state index contributed by atoms with van der Waals surface area (Å²) in [5, 5.41) is 0. The van der Waals surface area contributed by atoms with Crippen molar-refractivity contribution in [1.82, 2.24) is 19.9 Å². The first-order valence-electron chi connectivity index (χ1n) is 8.41. The summed E-state index contributed by atoms with van der Waals surface area (Å²) in [7, 11) is 3.78. The van der Waals surface area contributed by atoms with Gasteiger partial charge in [-0.1, -0.05) is 12.8 Å². The van der Waals surface area contributed by atoms with Crippen LogP contribution in [0.3, 0.4) is 0 Å². The number of hydrogen-bond acceptors (Lipinski definition) is 5. The van der Waals surface area contributed by atoms with E-state index < -0.39 is 0 Å². The van der Waals surface area contributed by atoms with E-state index in [0.717, 1.165) is 31.5 Å². The molecule has 6 heteroatoms. The highest BCUT2D eigenvalue weighted by molar-refractivity contribution is 5.99. The highest BCUT2D eigenvalue weighted by Crippen LogP contribution is 2.24. The van der Waals surface area contributed by atoms with Crippen LogP contribution in [-0.4, -0.2) is 52.9 Å². The summed E-state index contributed by atoms with van der Waals surface area (Å²) in [5.41, 5.74) is 2.12. The van der Waals surface area contributed by atoms with Crippen LogP contribution in [0.4, 0.5) is 5.95 Å². The first-order valence-corrected chi connectivity index (χ1v) is 8.41. The molecule has 6 nitrogen and oxygen atoms in total. The Morgan fingerprint density at radius 1 is 1.08 bits per heavy atom. The van der Waals surface area contributed by atoms with Crippen molar-refractivity contribution in [3.8, 4) is 11.3 Å². The molecule has 24 heavy (non-hydrogen) atoms. The van der Waals surface area contributed by atoms with Crippen LogP contribution in [0.2, 0.25) is 0 Å². The number of likely N-dealkylation sites (tertiary alicyclic amines) is 1. The van der Waals surface area contributed by atoms with Gasteiger partial charge in [0.1, 0.15) is 0 Å². The van der Waals surface area contributed by atoms with Crippen LogP contribution < -0.4 is 4.90 Å². The smallest absolute Gasteiger partial charge is 0.257 e. The predicted molar refractivity (Wildman–Crippen MR) is 94.0 cm³/mol. The average Bonchev–Trinajstić information content (AvgIpc) is 2.90. The molecule has 0 N–H and O–H groups in total. The van der Waals surface area contributed by atoms with Crippen LogP contribution in [0.5, 0.6) is 0 Å².